The summed E-state index contributed by atoms with van der Waals surface area (Å²) >= 11 is 0. The van der Waals surface area contributed by atoms with Crippen LogP contribution >= 0.6 is 10.7 Å². The van der Waals surface area contributed by atoms with Gasteiger partial charge in [-0.15, -0.1) is 0 Å². The first kappa shape index (κ1) is 12.1. The second-order valence-electron chi connectivity index (χ2n) is 2.80. The summed E-state index contributed by atoms with van der Waals surface area (Å²) in [6.45, 7) is 1.29. The van der Waals surface area contributed by atoms with Gasteiger partial charge in [0, 0.05) is 16.2 Å². The van der Waals surface area contributed by atoms with Gasteiger partial charge in [-0.3, -0.25) is 4.79 Å². The lowest BCUT2D eigenvalue weighted by Gasteiger charge is -2.05. The second-order valence-corrected chi connectivity index (χ2v) is 5.31. The number of nitrogens with one attached hydrogen (secondary N) is 1. The van der Waals surface area contributed by atoms with Crippen LogP contribution in [-0.2, 0) is 9.05 Å². The lowest BCUT2D eigenvalue weighted by Crippen LogP contribution is -2.16. The van der Waals surface area contributed by atoms with Gasteiger partial charge < -0.3 is 4.98 Å². The Kier molecular flexibility index (Phi) is 3.15. The molecular formula is C7H6ClF2NO3S. The Morgan fingerprint density at radius 3 is 2.40 bits per heavy atom. The zero-order chi connectivity index (χ0) is 11.8. The molecule has 0 spiro atoms. The third-order valence-electron chi connectivity index (χ3n) is 1.70. The van der Waals surface area contributed by atoms with Gasteiger partial charge in [0.1, 0.15) is 0 Å². The highest BCUT2D eigenvalue weighted by Gasteiger charge is 2.23. The van der Waals surface area contributed by atoms with Crippen LogP contribution in [0, 0.1) is 6.92 Å². The number of aromatic nitrogens is 1. The van der Waals surface area contributed by atoms with Gasteiger partial charge in [-0.25, -0.2) is 17.2 Å². The molecule has 1 heterocycles. The average molecular weight is 258 g/mol. The highest BCUT2D eigenvalue weighted by molar-refractivity contribution is 8.13. The number of pyridine rings is 1. The van der Waals surface area contributed by atoms with Crippen LogP contribution in [0.15, 0.2) is 15.9 Å². The van der Waals surface area contributed by atoms with E-state index in [2.05, 4.69) is 0 Å². The maximum atomic E-state index is 12.4. The van der Waals surface area contributed by atoms with Crippen LogP contribution in [0.3, 0.4) is 0 Å². The zero-order valence-corrected chi connectivity index (χ0v) is 8.99. The van der Waals surface area contributed by atoms with Crippen LogP contribution < -0.4 is 5.56 Å². The maximum absolute atomic E-state index is 12.4. The van der Waals surface area contributed by atoms with Gasteiger partial charge in [0.05, 0.1) is 5.56 Å². The quantitative estimate of drug-likeness (QED) is 0.818. The Hall–Kier alpha value is -0.950. The van der Waals surface area contributed by atoms with Crippen molar-refractivity contribution in [2.75, 3.05) is 0 Å². The fourth-order valence-corrected chi connectivity index (χ4v) is 2.03. The van der Waals surface area contributed by atoms with Crippen LogP contribution in [0.2, 0.25) is 0 Å². The normalized spacial score (nSPS) is 12.1. The van der Waals surface area contributed by atoms with Crippen molar-refractivity contribution in [3.05, 3.63) is 27.5 Å². The Bertz CT molecular complexity index is 538. The molecule has 8 heteroatoms. The third kappa shape index (κ3) is 2.54. The third-order valence-corrected chi connectivity index (χ3v) is 2.99. The molecule has 4 nitrogen and oxygen atoms in total. The topological polar surface area (TPSA) is 67.0 Å². The summed E-state index contributed by atoms with van der Waals surface area (Å²) in [7, 11) is 0.520. The van der Waals surface area contributed by atoms with Gasteiger partial charge >= 0.3 is 0 Å². The summed E-state index contributed by atoms with van der Waals surface area (Å²) in [5.74, 6) is 0. The lowest BCUT2D eigenvalue weighted by atomic mass is 10.2. The van der Waals surface area contributed by atoms with E-state index in [-0.39, 0.29) is 5.56 Å². The molecule has 15 heavy (non-hydrogen) atoms. The zero-order valence-electron chi connectivity index (χ0n) is 7.42. The number of hydrogen-bond donors (Lipinski definition) is 1. The van der Waals surface area contributed by atoms with E-state index in [0.29, 0.717) is 0 Å². The number of H-pyrrole nitrogens is 1. The van der Waals surface area contributed by atoms with Crippen LogP contribution in [-0.4, -0.2) is 13.4 Å². The summed E-state index contributed by atoms with van der Waals surface area (Å²) in [5.41, 5.74) is -1.57. The first-order chi connectivity index (χ1) is 6.73. The molecular weight excluding hydrogens is 252 g/mol. The molecule has 84 valence electrons. The number of halogens is 3. The van der Waals surface area contributed by atoms with Gasteiger partial charge in [-0.2, -0.15) is 0 Å². The van der Waals surface area contributed by atoms with Crippen molar-refractivity contribution in [1.29, 1.82) is 0 Å². The molecule has 1 rings (SSSR count). The van der Waals surface area contributed by atoms with E-state index in [1.165, 1.54) is 6.92 Å². The first-order valence-electron chi connectivity index (χ1n) is 3.70. The smallest absolute Gasteiger partial charge is 0.277 e. The Morgan fingerprint density at radius 1 is 1.47 bits per heavy atom. The van der Waals surface area contributed by atoms with E-state index in [4.69, 9.17) is 10.7 Å². The monoisotopic (exact) mass is 257 g/mol. The Labute approximate surface area is 88.3 Å². The fourth-order valence-electron chi connectivity index (χ4n) is 1.00. The molecule has 1 aromatic rings. The molecule has 0 aromatic carbocycles. The standard InChI is InChI=1S/C7H6ClF2NO3S/c1-3-2-4(5(9)10)7(11-6(3)12)15(8,13)14/h2,5H,1H3,(H,11,12). The highest BCUT2D eigenvalue weighted by atomic mass is 35.7. The molecule has 0 radical (unpaired) electrons. The molecule has 0 unspecified atom stereocenters. The van der Waals surface area contributed by atoms with Crippen molar-refractivity contribution >= 4 is 19.7 Å². The van der Waals surface area contributed by atoms with Gasteiger partial charge in [0.2, 0.25) is 0 Å². The van der Waals surface area contributed by atoms with Crippen molar-refractivity contribution in [3.8, 4) is 0 Å². The average Bonchev–Trinajstić information content (AvgIpc) is 2.06. The predicted molar refractivity (Wildman–Crippen MR) is 49.8 cm³/mol. The highest BCUT2D eigenvalue weighted by Crippen LogP contribution is 2.26. The minimum atomic E-state index is -4.38. The van der Waals surface area contributed by atoms with Crippen molar-refractivity contribution in [3.63, 3.8) is 0 Å². The minimum absolute atomic E-state index is 0.00522. The van der Waals surface area contributed by atoms with Gasteiger partial charge in [0.25, 0.3) is 21.0 Å². The number of aromatic amines is 1. The molecule has 0 atom stereocenters. The summed E-state index contributed by atoms with van der Waals surface area (Å²) in [4.78, 5) is 12.8. The number of alkyl halides is 2. The van der Waals surface area contributed by atoms with Crippen molar-refractivity contribution in [2.24, 2.45) is 0 Å². The fraction of sp³-hybridized carbons (Fsp3) is 0.286. The Morgan fingerprint density at radius 2 is 2.00 bits per heavy atom. The van der Waals surface area contributed by atoms with Crippen molar-refractivity contribution in [2.45, 2.75) is 18.4 Å². The van der Waals surface area contributed by atoms with E-state index in [1.807, 2.05) is 4.98 Å². The molecule has 0 saturated heterocycles. The summed E-state index contributed by atoms with van der Waals surface area (Å²) in [6.07, 6.45) is -3.02. The second kappa shape index (κ2) is 3.90. The molecule has 0 saturated carbocycles. The van der Waals surface area contributed by atoms with Crippen molar-refractivity contribution < 1.29 is 17.2 Å². The largest absolute Gasteiger partial charge is 0.311 e. The molecule has 0 amide bonds. The number of hydrogen-bond acceptors (Lipinski definition) is 3. The Balaban J connectivity index is 3.64. The number of aryl methyl sites for hydroxylation is 1. The van der Waals surface area contributed by atoms with Crippen LogP contribution in [0.4, 0.5) is 8.78 Å². The van der Waals surface area contributed by atoms with E-state index in [1.54, 1.807) is 0 Å². The SMILES string of the molecule is Cc1cc(C(F)F)c(S(=O)(=O)Cl)[nH]c1=O. The van der Waals surface area contributed by atoms with Crippen LogP contribution in [0.5, 0.6) is 0 Å². The molecule has 1 N–H and O–H groups in total. The minimum Gasteiger partial charge on any atom is -0.311 e. The summed E-state index contributed by atoms with van der Waals surface area (Å²) < 4.78 is 46.6. The molecule has 0 bridgehead atoms. The lowest BCUT2D eigenvalue weighted by molar-refractivity contribution is 0.147. The van der Waals surface area contributed by atoms with Crippen LogP contribution in [0.1, 0.15) is 17.6 Å². The van der Waals surface area contributed by atoms with Crippen molar-refractivity contribution in [1.82, 2.24) is 4.98 Å². The summed E-state index contributed by atoms with van der Waals surface area (Å²) in [5, 5.41) is -0.949. The summed E-state index contributed by atoms with van der Waals surface area (Å²) in [6, 6.07) is 0.804. The van der Waals surface area contributed by atoms with E-state index < -0.39 is 31.6 Å². The molecule has 0 aliphatic carbocycles. The molecule has 0 aliphatic heterocycles. The van der Waals surface area contributed by atoms with Crippen LogP contribution in [0.25, 0.3) is 0 Å². The molecule has 1 aromatic heterocycles. The first-order valence-corrected chi connectivity index (χ1v) is 6.01. The molecule has 0 fully saturated rings. The van der Waals surface area contributed by atoms with Gasteiger partial charge in [-0.1, -0.05) is 0 Å². The van der Waals surface area contributed by atoms with E-state index in [0.717, 1.165) is 6.07 Å². The van der Waals surface area contributed by atoms with Gasteiger partial charge in [0.15, 0.2) is 5.03 Å². The van der Waals surface area contributed by atoms with E-state index >= 15 is 0 Å². The molecule has 0 aliphatic rings. The van der Waals surface area contributed by atoms with Gasteiger partial charge in [-0.05, 0) is 13.0 Å². The number of rotatable bonds is 2. The van der Waals surface area contributed by atoms with E-state index in [9.17, 15) is 22.0 Å². The predicted octanol–water partition coefficient (Wildman–Crippen LogP) is 1.55. The maximum Gasteiger partial charge on any atom is 0.277 e.